The zero-order chi connectivity index (χ0) is 7.72. The van der Waals surface area contributed by atoms with Crippen molar-refractivity contribution in [2.75, 3.05) is 0 Å². The molecule has 0 fully saturated rings. The first-order chi connectivity index (χ1) is 4.63. The molecule has 0 N–H and O–H groups in total. The second kappa shape index (κ2) is 2.92. The molecule has 0 aromatic carbocycles. The Morgan fingerprint density at radius 3 is 2.80 bits per heavy atom. The van der Waals surface area contributed by atoms with Crippen molar-refractivity contribution in [1.82, 2.24) is 4.57 Å². The molecule has 0 atom stereocenters. The molecule has 0 aliphatic rings. The molecule has 0 aliphatic carbocycles. The van der Waals surface area contributed by atoms with E-state index in [2.05, 4.69) is 0 Å². The van der Waals surface area contributed by atoms with Crippen LogP contribution in [0.4, 0.5) is 0 Å². The number of rotatable bonds is 0. The summed E-state index contributed by atoms with van der Waals surface area (Å²) in [5.74, 6) is 0. The van der Waals surface area contributed by atoms with Crippen LogP contribution in [0.15, 0.2) is 17.1 Å². The molecular formula is C6H5ClINO. The fourth-order valence-corrected chi connectivity index (χ4v) is 1.16. The van der Waals surface area contributed by atoms with Crippen LogP contribution in [-0.2, 0) is 7.05 Å². The largest absolute Gasteiger partial charge is 0.317 e. The minimum Gasteiger partial charge on any atom is -0.317 e. The third-order valence-electron chi connectivity index (χ3n) is 1.16. The maximum atomic E-state index is 11.0. The van der Waals surface area contributed by atoms with Crippen molar-refractivity contribution >= 4 is 34.2 Å². The Labute approximate surface area is 77.0 Å². The fraction of sp³-hybridized carbons (Fsp3) is 0.167. The number of pyridine rings is 1. The highest BCUT2D eigenvalue weighted by Gasteiger charge is 2.00. The lowest BCUT2D eigenvalue weighted by atomic mass is 10.5. The van der Waals surface area contributed by atoms with Crippen LogP contribution in [0.25, 0.3) is 0 Å². The van der Waals surface area contributed by atoms with Crippen LogP contribution in [0.1, 0.15) is 0 Å². The van der Waals surface area contributed by atoms with Crippen molar-refractivity contribution in [3.8, 4) is 0 Å². The molecular weight excluding hydrogens is 264 g/mol. The normalized spacial score (nSPS) is 9.90. The summed E-state index contributed by atoms with van der Waals surface area (Å²) in [6.07, 6.45) is 1.69. The highest BCUT2D eigenvalue weighted by Crippen LogP contribution is 2.11. The van der Waals surface area contributed by atoms with Crippen LogP contribution >= 0.6 is 34.2 Å². The number of hydrogen-bond donors (Lipinski definition) is 0. The summed E-state index contributed by atoms with van der Waals surface area (Å²) in [4.78, 5) is 11.0. The van der Waals surface area contributed by atoms with E-state index in [1.807, 2.05) is 22.6 Å². The first-order valence-corrected chi connectivity index (χ1v) is 4.09. The third-order valence-corrected chi connectivity index (χ3v) is 2.75. The van der Waals surface area contributed by atoms with Crippen molar-refractivity contribution in [1.29, 1.82) is 0 Å². The van der Waals surface area contributed by atoms with Gasteiger partial charge >= 0.3 is 0 Å². The Morgan fingerprint density at radius 2 is 2.30 bits per heavy atom. The summed E-state index contributed by atoms with van der Waals surface area (Å²) in [5.41, 5.74) is -0.145. The molecule has 0 aliphatic heterocycles. The van der Waals surface area contributed by atoms with Crippen LogP contribution in [0.5, 0.6) is 0 Å². The molecule has 1 heterocycles. The topological polar surface area (TPSA) is 22.0 Å². The lowest BCUT2D eigenvalue weighted by Crippen LogP contribution is -2.16. The van der Waals surface area contributed by atoms with Gasteiger partial charge in [0.25, 0.3) is 5.56 Å². The lowest BCUT2D eigenvalue weighted by Gasteiger charge is -1.97. The Bertz CT molecular complexity index is 307. The van der Waals surface area contributed by atoms with E-state index in [9.17, 15) is 4.79 Å². The quantitative estimate of drug-likeness (QED) is 0.656. The number of aromatic nitrogens is 1. The van der Waals surface area contributed by atoms with Crippen molar-refractivity contribution in [3.05, 3.63) is 31.2 Å². The van der Waals surface area contributed by atoms with Crippen LogP contribution in [-0.4, -0.2) is 4.57 Å². The van der Waals surface area contributed by atoms with E-state index in [0.717, 1.165) is 3.57 Å². The highest BCUT2D eigenvalue weighted by atomic mass is 127. The molecule has 0 bridgehead atoms. The summed E-state index contributed by atoms with van der Waals surface area (Å²) in [7, 11) is 1.67. The van der Waals surface area contributed by atoms with Gasteiger partial charge in [-0.05, 0) is 28.7 Å². The molecule has 10 heavy (non-hydrogen) atoms. The van der Waals surface area contributed by atoms with Gasteiger partial charge in [-0.15, -0.1) is 0 Å². The van der Waals surface area contributed by atoms with Gasteiger partial charge < -0.3 is 4.57 Å². The third kappa shape index (κ3) is 1.34. The summed E-state index contributed by atoms with van der Waals surface area (Å²) in [6, 6.07) is 1.80. The monoisotopic (exact) mass is 269 g/mol. The van der Waals surface area contributed by atoms with Gasteiger partial charge in [0.05, 0.1) is 0 Å². The molecule has 4 heteroatoms. The van der Waals surface area contributed by atoms with Gasteiger partial charge in [0.2, 0.25) is 0 Å². The van der Waals surface area contributed by atoms with Gasteiger partial charge in [-0.3, -0.25) is 4.79 Å². The first kappa shape index (κ1) is 8.07. The van der Waals surface area contributed by atoms with E-state index < -0.39 is 0 Å². The molecule has 1 aromatic rings. The van der Waals surface area contributed by atoms with Gasteiger partial charge in [0.1, 0.15) is 5.02 Å². The van der Waals surface area contributed by atoms with Gasteiger partial charge in [-0.1, -0.05) is 11.6 Å². The Balaban J connectivity index is 3.50. The smallest absolute Gasteiger partial charge is 0.270 e. The van der Waals surface area contributed by atoms with Crippen molar-refractivity contribution in [2.24, 2.45) is 7.05 Å². The minimum atomic E-state index is -0.145. The number of aryl methyl sites for hydroxylation is 1. The average molecular weight is 269 g/mol. The van der Waals surface area contributed by atoms with Crippen LogP contribution in [0.2, 0.25) is 5.02 Å². The standard InChI is InChI=1S/C6H5ClINO/c1-9-3-2-4(8)5(7)6(9)10/h2-3H,1H3. The summed E-state index contributed by atoms with van der Waals surface area (Å²) in [5, 5.41) is 0.297. The van der Waals surface area contributed by atoms with E-state index >= 15 is 0 Å². The second-order valence-corrected chi connectivity index (χ2v) is 3.43. The molecule has 1 aromatic heterocycles. The van der Waals surface area contributed by atoms with Gasteiger partial charge in [0, 0.05) is 16.8 Å². The zero-order valence-corrected chi connectivity index (χ0v) is 8.18. The molecule has 0 unspecified atom stereocenters. The predicted octanol–water partition coefficient (Wildman–Crippen LogP) is 1.64. The SMILES string of the molecule is Cn1ccc(I)c(Cl)c1=O. The van der Waals surface area contributed by atoms with E-state index in [1.165, 1.54) is 4.57 Å². The maximum Gasteiger partial charge on any atom is 0.270 e. The Hall–Kier alpha value is -0.0300. The molecule has 0 saturated heterocycles. The van der Waals surface area contributed by atoms with E-state index in [1.54, 1.807) is 19.3 Å². The van der Waals surface area contributed by atoms with E-state index in [4.69, 9.17) is 11.6 Å². The second-order valence-electron chi connectivity index (χ2n) is 1.89. The fourth-order valence-electron chi connectivity index (χ4n) is 0.575. The maximum absolute atomic E-state index is 11.0. The Kier molecular flexibility index (Phi) is 2.36. The average Bonchev–Trinajstić information content (AvgIpc) is 1.93. The van der Waals surface area contributed by atoms with Gasteiger partial charge in [-0.2, -0.15) is 0 Å². The molecule has 0 amide bonds. The van der Waals surface area contributed by atoms with Gasteiger partial charge in [0.15, 0.2) is 0 Å². The van der Waals surface area contributed by atoms with E-state index in [0.29, 0.717) is 5.02 Å². The highest BCUT2D eigenvalue weighted by molar-refractivity contribution is 14.1. The van der Waals surface area contributed by atoms with Crippen LogP contribution in [0.3, 0.4) is 0 Å². The lowest BCUT2D eigenvalue weighted by molar-refractivity contribution is 0.858. The molecule has 2 nitrogen and oxygen atoms in total. The molecule has 0 spiro atoms. The van der Waals surface area contributed by atoms with Crippen LogP contribution in [0, 0.1) is 3.57 Å². The molecule has 0 saturated carbocycles. The van der Waals surface area contributed by atoms with Crippen molar-refractivity contribution < 1.29 is 0 Å². The van der Waals surface area contributed by atoms with Gasteiger partial charge in [-0.25, -0.2) is 0 Å². The predicted molar refractivity (Wildman–Crippen MR) is 49.4 cm³/mol. The summed E-state index contributed by atoms with van der Waals surface area (Å²) >= 11 is 7.66. The first-order valence-electron chi connectivity index (χ1n) is 2.63. The van der Waals surface area contributed by atoms with Crippen LogP contribution < -0.4 is 5.56 Å². The van der Waals surface area contributed by atoms with Crippen molar-refractivity contribution in [3.63, 3.8) is 0 Å². The van der Waals surface area contributed by atoms with E-state index in [-0.39, 0.29) is 5.56 Å². The summed E-state index contributed by atoms with van der Waals surface area (Å²) in [6.45, 7) is 0. The molecule has 54 valence electrons. The Morgan fingerprint density at radius 1 is 1.70 bits per heavy atom. The number of nitrogens with zero attached hydrogens (tertiary/aromatic N) is 1. The zero-order valence-electron chi connectivity index (χ0n) is 5.27. The molecule has 0 radical (unpaired) electrons. The number of hydrogen-bond acceptors (Lipinski definition) is 1. The minimum absolute atomic E-state index is 0.145. The van der Waals surface area contributed by atoms with Crippen molar-refractivity contribution in [2.45, 2.75) is 0 Å². The number of halogens is 2. The molecule has 1 rings (SSSR count). The summed E-state index contributed by atoms with van der Waals surface area (Å²) < 4.78 is 2.24.